The summed E-state index contributed by atoms with van der Waals surface area (Å²) in [6.07, 6.45) is 1.85. The number of hydrogen-bond donors (Lipinski definition) is 2. The van der Waals surface area contributed by atoms with Crippen LogP contribution in [0.5, 0.6) is 0 Å². The molecule has 1 aliphatic rings. The zero-order valence-corrected chi connectivity index (χ0v) is 15.5. The van der Waals surface area contributed by atoms with Gasteiger partial charge in [-0.15, -0.1) is 0 Å². The summed E-state index contributed by atoms with van der Waals surface area (Å²) in [6, 6.07) is 5.04. The van der Waals surface area contributed by atoms with Gasteiger partial charge in [0.15, 0.2) is 4.77 Å². The maximum absolute atomic E-state index is 12.8. The molecule has 134 valence electrons. The molecule has 0 atom stereocenters. The smallest absolute Gasteiger partial charge is 0.259 e. The minimum atomic E-state index is -0.252. The first kappa shape index (κ1) is 17.8. The van der Waals surface area contributed by atoms with E-state index in [9.17, 15) is 9.59 Å². The van der Waals surface area contributed by atoms with Gasteiger partial charge < -0.3 is 14.6 Å². The van der Waals surface area contributed by atoms with E-state index in [2.05, 4.69) is 9.97 Å². The Hall–Kier alpha value is -1.99. The fraction of sp³-hybridized carbons (Fsp3) is 0.500. The number of nitrogens with one attached hydrogen (secondary N) is 2. The number of hydrogen-bond acceptors (Lipinski definition) is 4. The lowest BCUT2D eigenvalue weighted by Crippen LogP contribution is -2.42. The van der Waals surface area contributed by atoms with E-state index in [1.54, 1.807) is 18.2 Å². The van der Waals surface area contributed by atoms with E-state index in [0.29, 0.717) is 29.6 Å². The highest BCUT2D eigenvalue weighted by molar-refractivity contribution is 7.71. The van der Waals surface area contributed by atoms with Crippen LogP contribution in [0.4, 0.5) is 0 Å². The number of ether oxygens (including phenoxy) is 1. The first-order valence-corrected chi connectivity index (χ1v) is 8.87. The zero-order chi connectivity index (χ0) is 18.2. The third-order valence-corrected chi connectivity index (χ3v) is 4.44. The fourth-order valence-corrected chi connectivity index (χ4v) is 3.36. The minimum Gasteiger partial charge on any atom is -0.372 e. The third-order valence-electron chi connectivity index (χ3n) is 4.24. The molecular weight excluding hydrogens is 338 g/mol. The van der Waals surface area contributed by atoms with Gasteiger partial charge in [0.05, 0.1) is 22.6 Å². The van der Waals surface area contributed by atoms with Crippen LogP contribution in [0.15, 0.2) is 23.0 Å². The summed E-state index contributed by atoms with van der Waals surface area (Å²) >= 11 is 5.00. The number of nitrogens with zero attached hydrogens (tertiary/aromatic N) is 1. The van der Waals surface area contributed by atoms with Gasteiger partial charge in [-0.2, -0.15) is 0 Å². The van der Waals surface area contributed by atoms with E-state index in [4.69, 9.17) is 17.0 Å². The average Bonchev–Trinajstić information content (AvgIpc) is 2.52. The Kier molecular flexibility index (Phi) is 4.79. The van der Waals surface area contributed by atoms with Crippen molar-refractivity contribution in [1.29, 1.82) is 0 Å². The maximum Gasteiger partial charge on any atom is 0.259 e. The summed E-state index contributed by atoms with van der Waals surface area (Å²) in [6.45, 7) is 7.48. The molecule has 1 amide bonds. The summed E-state index contributed by atoms with van der Waals surface area (Å²) in [7, 11) is 0. The van der Waals surface area contributed by atoms with E-state index in [-0.39, 0.29) is 27.9 Å². The number of rotatable bonds is 2. The molecule has 2 aromatic rings. The number of aromatic nitrogens is 2. The van der Waals surface area contributed by atoms with Crippen molar-refractivity contribution in [3.05, 3.63) is 38.9 Å². The second-order valence-corrected chi connectivity index (χ2v) is 7.80. The lowest BCUT2D eigenvalue weighted by Gasteiger charge is -2.35. The van der Waals surface area contributed by atoms with Crippen molar-refractivity contribution >= 4 is 29.0 Å². The van der Waals surface area contributed by atoms with Gasteiger partial charge in [-0.1, -0.05) is 0 Å². The Morgan fingerprint density at radius 2 is 1.92 bits per heavy atom. The molecule has 0 unspecified atom stereocenters. The van der Waals surface area contributed by atoms with Gasteiger partial charge in [-0.25, -0.2) is 0 Å². The van der Waals surface area contributed by atoms with Crippen molar-refractivity contribution < 1.29 is 9.53 Å². The van der Waals surface area contributed by atoms with Crippen LogP contribution in [0.25, 0.3) is 10.9 Å². The summed E-state index contributed by atoms with van der Waals surface area (Å²) in [5, 5.41) is 0.488. The van der Waals surface area contributed by atoms with Crippen LogP contribution in [-0.4, -0.2) is 45.6 Å². The van der Waals surface area contributed by atoms with Gasteiger partial charge in [-0.3, -0.25) is 14.6 Å². The molecule has 1 saturated heterocycles. The number of amides is 1. The SMILES string of the molecule is CC(C)(C)OC1CCN(C(=O)c2ccc3c(=O)[nH]c(=S)[nH]c3c2)CC1. The lowest BCUT2D eigenvalue weighted by molar-refractivity contribution is -0.0791. The summed E-state index contributed by atoms with van der Waals surface area (Å²) < 4.78 is 6.26. The molecule has 3 rings (SSSR count). The number of fused-ring (bicyclic) bond motifs is 1. The van der Waals surface area contributed by atoms with Gasteiger partial charge in [0.1, 0.15) is 0 Å². The Labute approximate surface area is 151 Å². The molecule has 1 aromatic heterocycles. The van der Waals surface area contributed by atoms with Gasteiger partial charge >= 0.3 is 0 Å². The van der Waals surface area contributed by atoms with E-state index in [1.165, 1.54) is 0 Å². The van der Waals surface area contributed by atoms with Crippen LogP contribution in [0.1, 0.15) is 44.0 Å². The molecule has 0 radical (unpaired) electrons. The van der Waals surface area contributed by atoms with Crippen LogP contribution in [0.2, 0.25) is 0 Å². The summed E-state index contributed by atoms with van der Waals surface area (Å²) in [5.41, 5.74) is 0.711. The topological polar surface area (TPSA) is 78.2 Å². The molecule has 7 heteroatoms. The maximum atomic E-state index is 12.8. The highest BCUT2D eigenvalue weighted by atomic mass is 32.1. The molecule has 2 heterocycles. The van der Waals surface area contributed by atoms with E-state index >= 15 is 0 Å². The van der Waals surface area contributed by atoms with Crippen molar-refractivity contribution in [3.8, 4) is 0 Å². The zero-order valence-electron chi connectivity index (χ0n) is 14.7. The molecule has 25 heavy (non-hydrogen) atoms. The fourth-order valence-electron chi connectivity index (χ4n) is 3.16. The predicted octanol–water partition coefficient (Wildman–Crippen LogP) is 3.01. The molecule has 1 aliphatic heterocycles. The van der Waals surface area contributed by atoms with Crippen molar-refractivity contribution in [2.24, 2.45) is 0 Å². The van der Waals surface area contributed by atoms with E-state index in [1.807, 2.05) is 25.7 Å². The van der Waals surface area contributed by atoms with Gasteiger partial charge in [0, 0.05) is 18.7 Å². The number of piperidine rings is 1. The normalized spacial score (nSPS) is 16.4. The van der Waals surface area contributed by atoms with Crippen LogP contribution in [0.3, 0.4) is 0 Å². The number of likely N-dealkylation sites (tertiary alicyclic amines) is 1. The Bertz CT molecular complexity index is 902. The highest BCUT2D eigenvalue weighted by Crippen LogP contribution is 2.22. The van der Waals surface area contributed by atoms with Gasteiger partial charge in [-0.05, 0) is 64.0 Å². The largest absolute Gasteiger partial charge is 0.372 e. The number of H-pyrrole nitrogens is 2. The monoisotopic (exact) mass is 361 g/mol. The van der Waals surface area contributed by atoms with Gasteiger partial charge in [0.25, 0.3) is 11.5 Å². The summed E-state index contributed by atoms with van der Waals surface area (Å²) in [4.78, 5) is 32.0. The number of aromatic amines is 2. The quantitative estimate of drug-likeness (QED) is 0.806. The molecule has 0 saturated carbocycles. The van der Waals surface area contributed by atoms with Crippen LogP contribution in [0, 0.1) is 4.77 Å². The van der Waals surface area contributed by atoms with Crippen LogP contribution in [-0.2, 0) is 4.74 Å². The second kappa shape index (κ2) is 6.72. The standard InChI is InChI=1S/C18H23N3O3S/c1-18(2,3)24-12-6-8-21(9-7-12)16(23)11-4-5-13-14(10-11)19-17(25)20-15(13)22/h4-5,10,12H,6-9H2,1-3H3,(H2,19,20,22,25). The predicted molar refractivity (Wildman–Crippen MR) is 99.5 cm³/mol. The molecule has 0 spiro atoms. The minimum absolute atomic E-state index is 0.0318. The molecule has 0 aliphatic carbocycles. The number of carbonyl (C=O) groups excluding carboxylic acids is 1. The number of carbonyl (C=O) groups is 1. The number of benzene rings is 1. The third kappa shape index (κ3) is 4.16. The van der Waals surface area contributed by atoms with E-state index < -0.39 is 0 Å². The second-order valence-electron chi connectivity index (χ2n) is 7.39. The van der Waals surface area contributed by atoms with Crippen LogP contribution >= 0.6 is 12.2 Å². The molecule has 6 nitrogen and oxygen atoms in total. The van der Waals surface area contributed by atoms with Crippen molar-refractivity contribution in [1.82, 2.24) is 14.9 Å². The molecule has 0 bridgehead atoms. The Morgan fingerprint density at radius 1 is 1.24 bits per heavy atom. The Morgan fingerprint density at radius 3 is 2.56 bits per heavy atom. The molecular formula is C18H23N3O3S. The highest BCUT2D eigenvalue weighted by Gasteiger charge is 2.27. The first-order valence-electron chi connectivity index (χ1n) is 8.46. The first-order chi connectivity index (χ1) is 11.7. The average molecular weight is 361 g/mol. The van der Waals surface area contributed by atoms with Crippen molar-refractivity contribution in [2.75, 3.05) is 13.1 Å². The molecule has 1 aromatic carbocycles. The molecule has 2 N–H and O–H groups in total. The van der Waals surface area contributed by atoms with E-state index in [0.717, 1.165) is 12.8 Å². The lowest BCUT2D eigenvalue weighted by atomic mass is 10.0. The van der Waals surface area contributed by atoms with Gasteiger partial charge in [0.2, 0.25) is 0 Å². The van der Waals surface area contributed by atoms with Crippen LogP contribution < -0.4 is 5.56 Å². The molecule has 1 fully saturated rings. The van der Waals surface area contributed by atoms with Crippen molar-refractivity contribution in [2.45, 2.75) is 45.3 Å². The Balaban J connectivity index is 1.75. The van der Waals surface area contributed by atoms with Crippen molar-refractivity contribution in [3.63, 3.8) is 0 Å². The summed E-state index contributed by atoms with van der Waals surface area (Å²) in [5.74, 6) is -0.0318.